The maximum Gasteiger partial charge on any atom is 0.516 e. The van der Waals surface area contributed by atoms with Gasteiger partial charge in [0.1, 0.15) is 17.4 Å². The Morgan fingerprint density at radius 1 is 1.15 bits per heavy atom. The fourth-order valence-corrected chi connectivity index (χ4v) is 2.40. The van der Waals surface area contributed by atoms with Crippen LogP contribution in [-0.2, 0) is 23.2 Å². The van der Waals surface area contributed by atoms with E-state index in [0.29, 0.717) is 4.68 Å². The van der Waals surface area contributed by atoms with Crippen LogP contribution in [-0.4, -0.2) is 23.7 Å². The summed E-state index contributed by atoms with van der Waals surface area (Å²) >= 11 is 0. The van der Waals surface area contributed by atoms with Gasteiger partial charge in [0.05, 0.1) is 0 Å². The van der Waals surface area contributed by atoms with Gasteiger partial charge in [-0.05, 0) is 24.3 Å². The number of nitrogens with one attached hydrogen (secondary N) is 1. The van der Waals surface area contributed by atoms with Crippen LogP contribution in [0.25, 0.3) is 0 Å². The summed E-state index contributed by atoms with van der Waals surface area (Å²) in [5.74, 6) is -0.716. The molecule has 0 fully saturated rings. The first-order chi connectivity index (χ1) is 12.3. The van der Waals surface area contributed by atoms with Crippen molar-refractivity contribution in [1.82, 2.24) is 9.78 Å². The van der Waals surface area contributed by atoms with Crippen LogP contribution < -0.4 is 9.46 Å². The summed E-state index contributed by atoms with van der Waals surface area (Å²) in [7, 11) is -4.53. The molecule has 146 valence electrons. The lowest BCUT2D eigenvalue weighted by atomic mass is 10.2. The largest absolute Gasteiger partial charge is 0.516 e. The van der Waals surface area contributed by atoms with Gasteiger partial charge in [0.2, 0.25) is 5.88 Å². The Morgan fingerprint density at radius 3 is 2.15 bits per heavy atom. The van der Waals surface area contributed by atoms with E-state index in [0.717, 1.165) is 31.3 Å². The van der Waals surface area contributed by atoms with E-state index < -0.39 is 44.5 Å². The van der Waals surface area contributed by atoms with Crippen LogP contribution in [0.3, 0.4) is 0 Å². The molecule has 27 heavy (non-hydrogen) atoms. The van der Waals surface area contributed by atoms with Crippen molar-refractivity contribution < 1.29 is 39.5 Å². The van der Waals surface area contributed by atoms with Crippen molar-refractivity contribution in [2.24, 2.45) is 7.05 Å². The van der Waals surface area contributed by atoms with Gasteiger partial charge in [0.25, 0.3) is 0 Å². The number of nitrogens with zero attached hydrogens (tertiary/aromatic N) is 3. The third-order valence-electron chi connectivity index (χ3n) is 3.00. The monoisotopic (exact) mass is 414 g/mol. The molecule has 1 N–H and O–H groups in total. The van der Waals surface area contributed by atoms with Crippen LogP contribution in [0.2, 0.25) is 0 Å². The summed E-state index contributed by atoms with van der Waals surface area (Å²) in [5, 5.41) is 12.1. The number of sulfonamides is 1. The molecule has 0 aliphatic heterocycles. The van der Waals surface area contributed by atoms with Gasteiger partial charge >= 0.3 is 21.7 Å². The molecule has 2 rings (SSSR count). The molecule has 0 radical (unpaired) electrons. The fourth-order valence-electron chi connectivity index (χ4n) is 1.84. The highest BCUT2D eigenvalue weighted by atomic mass is 32.2. The molecule has 0 aliphatic rings. The number of alkyl halides is 6. The Hall–Kier alpha value is -2.95. The van der Waals surface area contributed by atoms with Crippen LogP contribution in [0.1, 0.15) is 11.3 Å². The molecule has 1 aromatic carbocycles. The first-order valence-corrected chi connectivity index (χ1v) is 8.16. The highest BCUT2D eigenvalue weighted by Crippen LogP contribution is 2.36. The zero-order valence-electron chi connectivity index (χ0n) is 13.1. The second-order valence-electron chi connectivity index (χ2n) is 4.94. The SMILES string of the molecule is Cn1nc(C(F)(F)F)c(C#N)c1Oc1ccc(NS(=O)(=O)C(F)(F)F)cc1. The maximum atomic E-state index is 12.8. The van der Waals surface area contributed by atoms with Crippen LogP contribution in [0, 0.1) is 11.3 Å². The Labute approximate surface area is 147 Å². The molecular formula is C13H8F6N4O3S. The number of hydrogen-bond acceptors (Lipinski definition) is 5. The molecule has 0 saturated heterocycles. The molecule has 0 aliphatic carbocycles. The Kier molecular flexibility index (Phi) is 5.02. The van der Waals surface area contributed by atoms with Crippen LogP contribution in [0.5, 0.6) is 11.6 Å². The summed E-state index contributed by atoms with van der Waals surface area (Å²) in [6.45, 7) is 0. The quantitative estimate of drug-likeness (QED) is 0.774. The van der Waals surface area contributed by atoms with Crippen LogP contribution >= 0.6 is 0 Å². The van der Waals surface area contributed by atoms with Gasteiger partial charge in [-0.15, -0.1) is 0 Å². The highest BCUT2D eigenvalue weighted by Gasteiger charge is 2.46. The number of nitriles is 1. The molecule has 0 bridgehead atoms. The Bertz CT molecular complexity index is 987. The van der Waals surface area contributed by atoms with E-state index in [1.165, 1.54) is 10.8 Å². The number of aryl methyl sites for hydroxylation is 1. The molecule has 0 amide bonds. The summed E-state index contributed by atoms with van der Waals surface area (Å²) in [5.41, 5.74) is -8.32. The van der Waals surface area contributed by atoms with E-state index in [-0.39, 0.29) is 5.75 Å². The molecule has 14 heteroatoms. The van der Waals surface area contributed by atoms with Crippen LogP contribution in [0.15, 0.2) is 24.3 Å². The van der Waals surface area contributed by atoms with Crippen LogP contribution in [0.4, 0.5) is 32.0 Å². The van der Waals surface area contributed by atoms with E-state index in [1.807, 2.05) is 0 Å². The number of aromatic nitrogens is 2. The van der Waals surface area contributed by atoms with E-state index in [2.05, 4.69) is 5.10 Å². The van der Waals surface area contributed by atoms with E-state index in [1.54, 1.807) is 0 Å². The van der Waals surface area contributed by atoms with Crippen molar-refractivity contribution >= 4 is 15.7 Å². The van der Waals surface area contributed by atoms with Crippen molar-refractivity contribution in [3.63, 3.8) is 0 Å². The standard InChI is InChI=1S/C13H8F6N4O3S/c1-23-11(9(6-20)10(21-23)12(14,15)16)26-8-4-2-7(3-5-8)22-27(24,25)13(17,18)19/h2-5,22H,1H3. The first-order valence-electron chi connectivity index (χ1n) is 6.67. The lowest BCUT2D eigenvalue weighted by molar-refractivity contribution is -0.141. The molecule has 2 aromatic rings. The topological polar surface area (TPSA) is 97.0 Å². The van der Waals surface area contributed by atoms with E-state index in [9.17, 15) is 34.8 Å². The zero-order chi connectivity index (χ0) is 20.6. The van der Waals surface area contributed by atoms with Crippen molar-refractivity contribution in [2.45, 2.75) is 11.7 Å². The number of anilines is 1. The molecule has 0 saturated carbocycles. The van der Waals surface area contributed by atoms with Crippen molar-refractivity contribution in [1.29, 1.82) is 5.26 Å². The van der Waals surface area contributed by atoms with Gasteiger partial charge < -0.3 is 4.74 Å². The third kappa shape index (κ3) is 4.25. The number of rotatable bonds is 4. The first kappa shape index (κ1) is 20.4. The van der Waals surface area contributed by atoms with Gasteiger partial charge in [-0.1, -0.05) is 0 Å². The summed E-state index contributed by atoms with van der Waals surface area (Å²) < 4.78 is 105. The average molecular weight is 414 g/mol. The second-order valence-corrected chi connectivity index (χ2v) is 6.61. The fraction of sp³-hybridized carbons (Fsp3) is 0.231. The predicted octanol–water partition coefficient (Wildman–Crippen LogP) is 3.36. The highest BCUT2D eigenvalue weighted by molar-refractivity contribution is 7.93. The average Bonchev–Trinajstić information content (AvgIpc) is 2.84. The number of hydrogen-bond donors (Lipinski definition) is 1. The predicted molar refractivity (Wildman–Crippen MR) is 78.0 cm³/mol. The normalized spacial score (nSPS) is 12.5. The maximum absolute atomic E-state index is 12.8. The molecule has 1 heterocycles. The zero-order valence-corrected chi connectivity index (χ0v) is 13.9. The summed E-state index contributed by atoms with van der Waals surface area (Å²) in [4.78, 5) is 0. The van der Waals surface area contributed by atoms with E-state index >= 15 is 0 Å². The minimum absolute atomic E-state index is 0.168. The minimum atomic E-state index is -5.63. The minimum Gasteiger partial charge on any atom is -0.438 e. The number of halogens is 6. The lowest BCUT2D eigenvalue weighted by Crippen LogP contribution is -2.29. The van der Waals surface area contributed by atoms with Gasteiger partial charge in [-0.2, -0.15) is 45.1 Å². The molecular weight excluding hydrogens is 406 g/mol. The number of ether oxygens (including phenoxy) is 1. The van der Waals surface area contributed by atoms with Crippen molar-refractivity contribution in [2.75, 3.05) is 4.72 Å². The van der Waals surface area contributed by atoms with Crippen molar-refractivity contribution in [3.05, 3.63) is 35.5 Å². The smallest absolute Gasteiger partial charge is 0.438 e. The lowest BCUT2D eigenvalue weighted by Gasteiger charge is -2.11. The van der Waals surface area contributed by atoms with Gasteiger partial charge in [0.15, 0.2) is 5.69 Å². The van der Waals surface area contributed by atoms with E-state index in [4.69, 9.17) is 10.00 Å². The molecule has 0 atom stereocenters. The molecule has 1 aromatic heterocycles. The molecule has 7 nitrogen and oxygen atoms in total. The Balaban J connectivity index is 2.29. The van der Waals surface area contributed by atoms with Crippen molar-refractivity contribution in [3.8, 4) is 17.7 Å². The Morgan fingerprint density at radius 2 is 1.70 bits per heavy atom. The van der Waals surface area contributed by atoms with Gasteiger partial charge in [0, 0.05) is 12.7 Å². The third-order valence-corrected chi connectivity index (χ3v) is 4.11. The molecule has 0 spiro atoms. The van der Waals surface area contributed by atoms with Gasteiger partial charge in [-0.25, -0.2) is 4.68 Å². The molecule has 0 unspecified atom stereocenters. The summed E-state index contributed by atoms with van der Waals surface area (Å²) in [6.07, 6.45) is -4.90. The number of benzene rings is 1. The van der Waals surface area contributed by atoms with Gasteiger partial charge in [-0.3, -0.25) is 4.72 Å². The second kappa shape index (κ2) is 6.65. The summed E-state index contributed by atoms with van der Waals surface area (Å²) in [6, 6.07) is 5.11.